The Balaban J connectivity index is 1.86. The van der Waals surface area contributed by atoms with Crippen molar-refractivity contribution in [3.05, 3.63) is 65.2 Å². The van der Waals surface area contributed by atoms with Gasteiger partial charge in [0.05, 0.1) is 18.3 Å². The molecule has 25 heavy (non-hydrogen) atoms. The molecule has 0 saturated carbocycles. The Kier molecular flexibility index (Phi) is 5.68. The van der Waals surface area contributed by atoms with E-state index in [1.165, 1.54) is 18.2 Å². The summed E-state index contributed by atoms with van der Waals surface area (Å²) in [5.41, 5.74) is 1.62. The van der Waals surface area contributed by atoms with Crippen molar-refractivity contribution in [1.82, 2.24) is 5.43 Å². The highest BCUT2D eigenvalue weighted by atomic mass is 19.4. The smallest absolute Gasteiger partial charge is 0.376 e. The number of benzene rings is 2. The zero-order valence-corrected chi connectivity index (χ0v) is 12.6. The fraction of sp³-hybridized carbons (Fsp3) is 0.125. The molecule has 0 fully saturated rings. The lowest BCUT2D eigenvalue weighted by molar-refractivity contribution is -0.137. The van der Waals surface area contributed by atoms with Gasteiger partial charge >= 0.3 is 6.18 Å². The molecule has 0 aliphatic heterocycles. The van der Waals surface area contributed by atoms with Crippen LogP contribution in [0.3, 0.4) is 0 Å². The molecule has 2 rings (SSSR count). The van der Waals surface area contributed by atoms with Gasteiger partial charge in [-0.15, -0.1) is 0 Å². The van der Waals surface area contributed by atoms with Crippen molar-refractivity contribution in [2.45, 2.75) is 6.18 Å². The predicted octanol–water partition coefficient (Wildman–Crippen LogP) is 3.55. The number of rotatable bonds is 5. The van der Waals surface area contributed by atoms with Crippen LogP contribution in [0.2, 0.25) is 0 Å². The summed E-state index contributed by atoms with van der Waals surface area (Å²) >= 11 is 0. The lowest BCUT2D eigenvalue weighted by Crippen LogP contribution is -2.26. The molecular weight excluding hydrogens is 345 g/mol. The van der Waals surface area contributed by atoms with Crippen molar-refractivity contribution >= 4 is 17.8 Å². The molecule has 0 aliphatic rings. The first-order valence-corrected chi connectivity index (χ1v) is 6.94. The van der Waals surface area contributed by atoms with Crippen LogP contribution in [0.1, 0.15) is 11.1 Å². The number of amides is 1. The van der Waals surface area contributed by atoms with Gasteiger partial charge in [-0.2, -0.15) is 18.3 Å². The first kappa shape index (κ1) is 18.4. The molecule has 2 N–H and O–H groups in total. The van der Waals surface area contributed by atoms with Gasteiger partial charge in [-0.25, -0.2) is 14.2 Å². The summed E-state index contributed by atoms with van der Waals surface area (Å²) in [6.07, 6.45) is -3.38. The Morgan fingerprint density at radius 1 is 1.08 bits per heavy atom. The van der Waals surface area contributed by atoms with Gasteiger partial charge in [0.25, 0.3) is 5.91 Å². The first-order valence-electron chi connectivity index (χ1n) is 6.94. The summed E-state index contributed by atoms with van der Waals surface area (Å²) in [4.78, 5) is 11.6. The summed E-state index contributed by atoms with van der Waals surface area (Å²) in [6, 6.07) is 7.45. The van der Waals surface area contributed by atoms with Gasteiger partial charge in [0.1, 0.15) is 0 Å². The van der Waals surface area contributed by atoms with E-state index in [4.69, 9.17) is 0 Å². The van der Waals surface area contributed by atoms with Gasteiger partial charge in [-0.05, 0) is 35.9 Å². The van der Waals surface area contributed by atoms with Crippen molar-refractivity contribution in [3.63, 3.8) is 0 Å². The topological polar surface area (TPSA) is 53.5 Å². The van der Waals surface area contributed by atoms with Crippen LogP contribution in [-0.2, 0) is 11.0 Å². The van der Waals surface area contributed by atoms with E-state index in [1.807, 2.05) is 0 Å². The number of alkyl halides is 3. The second-order valence-corrected chi connectivity index (χ2v) is 4.90. The van der Waals surface area contributed by atoms with Gasteiger partial charge in [0, 0.05) is 5.69 Å². The van der Waals surface area contributed by atoms with Gasteiger partial charge < -0.3 is 5.32 Å². The molecule has 0 spiro atoms. The number of hydrogen-bond donors (Lipinski definition) is 2. The number of nitrogens with zero attached hydrogens (tertiary/aromatic N) is 1. The van der Waals surface area contributed by atoms with Gasteiger partial charge in [-0.1, -0.05) is 12.1 Å². The number of anilines is 1. The lowest BCUT2D eigenvalue weighted by atomic mass is 10.2. The molecule has 0 atom stereocenters. The van der Waals surface area contributed by atoms with Crippen molar-refractivity contribution < 1.29 is 26.7 Å². The van der Waals surface area contributed by atoms with E-state index in [9.17, 15) is 26.7 Å². The second-order valence-electron chi connectivity index (χ2n) is 4.90. The fourth-order valence-electron chi connectivity index (χ4n) is 1.80. The first-order chi connectivity index (χ1) is 11.8. The molecule has 0 aromatic heterocycles. The Bertz CT molecular complexity index is 790. The third-order valence-electron chi connectivity index (χ3n) is 2.99. The Morgan fingerprint density at radius 2 is 1.84 bits per heavy atom. The molecule has 0 radical (unpaired) electrons. The summed E-state index contributed by atoms with van der Waals surface area (Å²) in [5.74, 6) is -2.69. The highest BCUT2D eigenvalue weighted by Gasteiger charge is 2.30. The SMILES string of the molecule is O=C(CNc1cccc(C(F)(F)F)c1)N/N=C/c1ccc(F)c(F)c1. The zero-order chi connectivity index (χ0) is 18.4. The van der Waals surface area contributed by atoms with Crippen molar-refractivity contribution in [1.29, 1.82) is 0 Å². The standard InChI is InChI=1S/C16H12F5N3O/c17-13-5-4-10(6-14(13)18)8-23-24-15(25)9-22-12-3-1-2-11(7-12)16(19,20)21/h1-8,22H,9H2,(H,24,25)/b23-8+. The maximum atomic E-state index is 13.0. The minimum atomic E-state index is -4.48. The number of nitrogens with one attached hydrogen (secondary N) is 2. The summed E-state index contributed by atoms with van der Waals surface area (Å²) < 4.78 is 63.4. The van der Waals surface area contributed by atoms with E-state index >= 15 is 0 Å². The second kappa shape index (κ2) is 7.73. The van der Waals surface area contributed by atoms with E-state index in [2.05, 4.69) is 15.8 Å². The van der Waals surface area contributed by atoms with Crippen LogP contribution in [-0.4, -0.2) is 18.7 Å². The van der Waals surface area contributed by atoms with Gasteiger partial charge in [0.2, 0.25) is 0 Å². The minimum Gasteiger partial charge on any atom is -0.376 e. The van der Waals surface area contributed by atoms with Crippen LogP contribution >= 0.6 is 0 Å². The number of hydrazone groups is 1. The van der Waals surface area contributed by atoms with Crippen LogP contribution < -0.4 is 10.7 Å². The zero-order valence-electron chi connectivity index (χ0n) is 12.6. The molecule has 2 aromatic rings. The maximum absolute atomic E-state index is 13.0. The van der Waals surface area contributed by atoms with E-state index in [0.717, 1.165) is 30.5 Å². The molecular formula is C16H12F5N3O. The Labute approximate surface area is 139 Å². The summed E-state index contributed by atoms with van der Waals surface area (Å²) in [6.45, 7) is -0.323. The van der Waals surface area contributed by atoms with Crippen LogP contribution in [0.4, 0.5) is 27.6 Å². The van der Waals surface area contributed by atoms with Crippen molar-refractivity contribution in [2.75, 3.05) is 11.9 Å². The molecule has 2 aromatic carbocycles. The monoisotopic (exact) mass is 357 g/mol. The van der Waals surface area contributed by atoms with E-state index in [0.29, 0.717) is 0 Å². The molecule has 0 aliphatic carbocycles. The van der Waals surface area contributed by atoms with E-state index in [-0.39, 0.29) is 17.8 Å². The highest BCUT2D eigenvalue weighted by molar-refractivity contribution is 5.84. The average Bonchev–Trinajstić information content (AvgIpc) is 2.56. The average molecular weight is 357 g/mol. The molecule has 9 heteroatoms. The van der Waals surface area contributed by atoms with Crippen LogP contribution in [0, 0.1) is 11.6 Å². The summed E-state index contributed by atoms with van der Waals surface area (Å²) in [5, 5.41) is 6.07. The molecule has 0 saturated heterocycles. The fourth-order valence-corrected chi connectivity index (χ4v) is 1.80. The van der Waals surface area contributed by atoms with E-state index < -0.39 is 29.3 Å². The van der Waals surface area contributed by atoms with Crippen LogP contribution in [0.25, 0.3) is 0 Å². The molecule has 1 amide bonds. The van der Waals surface area contributed by atoms with Crippen LogP contribution in [0.15, 0.2) is 47.6 Å². The minimum absolute atomic E-state index is 0.120. The Morgan fingerprint density at radius 3 is 2.52 bits per heavy atom. The molecule has 4 nitrogen and oxygen atoms in total. The van der Waals surface area contributed by atoms with Gasteiger partial charge in [-0.3, -0.25) is 4.79 Å². The molecule has 0 bridgehead atoms. The van der Waals surface area contributed by atoms with Crippen molar-refractivity contribution in [3.8, 4) is 0 Å². The third kappa shape index (κ3) is 5.55. The van der Waals surface area contributed by atoms with Crippen LogP contribution in [0.5, 0.6) is 0 Å². The number of carbonyl (C=O) groups is 1. The third-order valence-corrected chi connectivity index (χ3v) is 2.99. The lowest BCUT2D eigenvalue weighted by Gasteiger charge is -2.10. The molecule has 132 valence electrons. The number of carbonyl (C=O) groups excluding carboxylic acids is 1. The maximum Gasteiger partial charge on any atom is 0.416 e. The predicted molar refractivity (Wildman–Crippen MR) is 82.0 cm³/mol. The largest absolute Gasteiger partial charge is 0.416 e. The van der Waals surface area contributed by atoms with E-state index in [1.54, 1.807) is 0 Å². The summed E-state index contributed by atoms with van der Waals surface area (Å²) in [7, 11) is 0. The number of halogens is 5. The quantitative estimate of drug-likeness (QED) is 0.489. The van der Waals surface area contributed by atoms with Crippen molar-refractivity contribution in [2.24, 2.45) is 5.10 Å². The highest BCUT2D eigenvalue weighted by Crippen LogP contribution is 2.30. The molecule has 0 heterocycles. The normalized spacial score (nSPS) is 11.6. The Hall–Kier alpha value is -2.97. The molecule has 0 unspecified atom stereocenters. The number of hydrogen-bond acceptors (Lipinski definition) is 3. The van der Waals surface area contributed by atoms with Gasteiger partial charge in [0.15, 0.2) is 11.6 Å².